The van der Waals surface area contributed by atoms with Crippen LogP contribution in [0.1, 0.15) is 85.5 Å². The van der Waals surface area contributed by atoms with Gasteiger partial charge in [0.05, 0.1) is 0 Å². The normalized spacial score (nSPS) is 11.7. The van der Waals surface area contributed by atoms with Crippen LogP contribution in [0.15, 0.2) is 0 Å². The minimum Gasteiger partial charge on any atom is -0.480 e. The van der Waals surface area contributed by atoms with Gasteiger partial charge < -0.3 is 10.8 Å². The molecule has 0 heterocycles. The summed E-state index contributed by atoms with van der Waals surface area (Å²) in [6.45, 7) is 8.23. The molecule has 0 spiro atoms. The van der Waals surface area contributed by atoms with Crippen molar-refractivity contribution in [1.82, 2.24) is 0 Å². The lowest BCUT2D eigenvalue weighted by Gasteiger charge is -2.07. The molecule has 0 saturated heterocycles. The molecule has 126 valence electrons. The van der Waals surface area contributed by atoms with Gasteiger partial charge in [-0.3, -0.25) is 9.59 Å². The van der Waals surface area contributed by atoms with Crippen LogP contribution in [-0.4, -0.2) is 22.9 Å². The maximum absolute atomic E-state index is 11.2. The summed E-state index contributed by atoms with van der Waals surface area (Å²) in [4.78, 5) is 21.3. The number of nitrogens with two attached hydrogens (primary N) is 1. The van der Waals surface area contributed by atoms with E-state index in [1.807, 2.05) is 13.8 Å². The van der Waals surface area contributed by atoms with Gasteiger partial charge in [-0.1, -0.05) is 53.4 Å². The largest absolute Gasteiger partial charge is 0.480 e. The van der Waals surface area contributed by atoms with E-state index in [2.05, 4.69) is 13.8 Å². The Balaban J connectivity index is 0. The smallest absolute Gasteiger partial charge is 0.320 e. The zero-order valence-electron chi connectivity index (χ0n) is 14.4. The zero-order chi connectivity index (χ0) is 16.7. The van der Waals surface area contributed by atoms with Crippen LogP contribution >= 0.6 is 0 Å². The topological polar surface area (TPSA) is 80.4 Å². The second-order valence-corrected chi connectivity index (χ2v) is 6.03. The summed E-state index contributed by atoms with van der Waals surface area (Å²) < 4.78 is 0. The van der Waals surface area contributed by atoms with Crippen LogP contribution in [0.25, 0.3) is 0 Å². The molecule has 0 aliphatic rings. The van der Waals surface area contributed by atoms with E-state index >= 15 is 0 Å². The number of rotatable bonds is 11. The average Bonchev–Trinajstić information content (AvgIpc) is 2.39. The molecule has 0 aliphatic carbocycles. The van der Waals surface area contributed by atoms with Gasteiger partial charge in [-0.05, 0) is 25.2 Å². The van der Waals surface area contributed by atoms with E-state index in [-0.39, 0.29) is 0 Å². The predicted octanol–water partition coefficient (Wildman–Crippen LogP) is 4.16. The van der Waals surface area contributed by atoms with Crippen molar-refractivity contribution in [1.29, 1.82) is 0 Å². The zero-order valence-corrected chi connectivity index (χ0v) is 14.4. The van der Waals surface area contributed by atoms with E-state index in [0.29, 0.717) is 18.1 Å². The molecular weight excluding hydrogens is 266 g/mol. The van der Waals surface area contributed by atoms with Crippen LogP contribution in [0.2, 0.25) is 0 Å². The van der Waals surface area contributed by atoms with Crippen molar-refractivity contribution < 1.29 is 14.7 Å². The Morgan fingerprint density at radius 2 is 1.38 bits per heavy atom. The van der Waals surface area contributed by atoms with Gasteiger partial charge in [0.15, 0.2) is 0 Å². The molecule has 0 rings (SSSR count). The Morgan fingerprint density at radius 1 is 0.952 bits per heavy atom. The lowest BCUT2D eigenvalue weighted by Crippen LogP contribution is -2.31. The maximum atomic E-state index is 11.2. The summed E-state index contributed by atoms with van der Waals surface area (Å²) in [5.41, 5.74) is 5.22. The number of carbonyl (C=O) groups is 2. The van der Waals surface area contributed by atoms with Gasteiger partial charge in [-0.2, -0.15) is 0 Å². The fraction of sp³-hybridized carbons (Fsp3) is 0.882. The maximum Gasteiger partial charge on any atom is 0.320 e. The number of Topliss-reactive ketones (excluding diaryl/α,β-unsaturated/α-hetero) is 1. The van der Waals surface area contributed by atoms with Crippen molar-refractivity contribution in [3.8, 4) is 0 Å². The Bertz CT molecular complexity index is 253. The highest BCUT2D eigenvalue weighted by Crippen LogP contribution is 2.06. The molecule has 4 heteroatoms. The third-order valence-corrected chi connectivity index (χ3v) is 3.16. The first-order chi connectivity index (χ1) is 9.84. The van der Waals surface area contributed by atoms with E-state index in [9.17, 15) is 9.59 Å². The lowest BCUT2D eigenvalue weighted by atomic mass is 10.1. The molecular formula is C17H35NO3. The van der Waals surface area contributed by atoms with Crippen molar-refractivity contribution in [2.75, 3.05) is 0 Å². The van der Waals surface area contributed by atoms with Crippen LogP contribution in [-0.2, 0) is 9.59 Å². The molecule has 0 aromatic rings. The Kier molecular flexibility index (Phi) is 16.5. The minimum atomic E-state index is -0.913. The van der Waals surface area contributed by atoms with Crippen LogP contribution in [0.4, 0.5) is 0 Å². The SMILES string of the molecule is CC(C)CC(N)C(=O)O.CCCCCC(=O)CCCCC. The molecule has 3 N–H and O–H groups in total. The van der Waals surface area contributed by atoms with E-state index in [1.54, 1.807) is 0 Å². The number of carboxylic acid groups (broad SMARTS) is 1. The molecule has 0 amide bonds. The number of unbranched alkanes of at least 4 members (excludes halogenated alkanes) is 4. The predicted molar refractivity (Wildman–Crippen MR) is 88.4 cm³/mol. The van der Waals surface area contributed by atoms with Gasteiger partial charge in [0.1, 0.15) is 11.8 Å². The average molecular weight is 301 g/mol. The van der Waals surface area contributed by atoms with Crippen LogP contribution in [0.3, 0.4) is 0 Å². The lowest BCUT2D eigenvalue weighted by molar-refractivity contribution is -0.138. The first-order valence-electron chi connectivity index (χ1n) is 8.35. The summed E-state index contributed by atoms with van der Waals surface area (Å²) in [6.07, 6.45) is 9.22. The summed E-state index contributed by atoms with van der Waals surface area (Å²) in [5.74, 6) is -0.0864. The van der Waals surface area contributed by atoms with Gasteiger partial charge in [0.25, 0.3) is 0 Å². The molecule has 4 nitrogen and oxygen atoms in total. The Hall–Kier alpha value is -0.900. The summed E-state index contributed by atoms with van der Waals surface area (Å²) in [5, 5.41) is 8.31. The molecule has 0 aromatic carbocycles. The summed E-state index contributed by atoms with van der Waals surface area (Å²) in [7, 11) is 0. The summed E-state index contributed by atoms with van der Waals surface area (Å²) >= 11 is 0. The highest BCUT2D eigenvalue weighted by molar-refractivity contribution is 5.78. The van der Waals surface area contributed by atoms with Crippen LogP contribution in [0, 0.1) is 5.92 Å². The van der Waals surface area contributed by atoms with E-state index in [1.165, 1.54) is 25.7 Å². The van der Waals surface area contributed by atoms with E-state index < -0.39 is 12.0 Å². The monoisotopic (exact) mass is 301 g/mol. The summed E-state index contributed by atoms with van der Waals surface area (Å²) in [6, 6.07) is -0.690. The van der Waals surface area contributed by atoms with Gasteiger partial charge in [-0.15, -0.1) is 0 Å². The Morgan fingerprint density at radius 3 is 1.62 bits per heavy atom. The molecule has 0 aromatic heterocycles. The third kappa shape index (κ3) is 19.1. The Labute approximate surface area is 130 Å². The van der Waals surface area contributed by atoms with Crippen molar-refractivity contribution in [2.45, 2.75) is 91.5 Å². The van der Waals surface area contributed by atoms with Gasteiger partial charge in [0.2, 0.25) is 0 Å². The molecule has 0 radical (unpaired) electrons. The van der Waals surface area contributed by atoms with E-state index in [4.69, 9.17) is 10.8 Å². The highest BCUT2D eigenvalue weighted by atomic mass is 16.4. The first-order valence-corrected chi connectivity index (χ1v) is 8.35. The van der Waals surface area contributed by atoms with Crippen molar-refractivity contribution in [2.24, 2.45) is 11.7 Å². The molecule has 0 fully saturated rings. The third-order valence-electron chi connectivity index (χ3n) is 3.16. The van der Waals surface area contributed by atoms with Crippen molar-refractivity contribution in [3.63, 3.8) is 0 Å². The molecule has 0 saturated carbocycles. The molecule has 1 unspecified atom stereocenters. The number of hydrogen-bond donors (Lipinski definition) is 2. The van der Waals surface area contributed by atoms with Crippen molar-refractivity contribution >= 4 is 11.8 Å². The van der Waals surface area contributed by atoms with Gasteiger partial charge in [-0.25, -0.2) is 0 Å². The van der Waals surface area contributed by atoms with Gasteiger partial charge in [0, 0.05) is 12.8 Å². The number of hydrogen-bond acceptors (Lipinski definition) is 3. The number of carboxylic acids is 1. The second kappa shape index (κ2) is 15.5. The van der Waals surface area contributed by atoms with Crippen LogP contribution < -0.4 is 5.73 Å². The fourth-order valence-electron chi connectivity index (χ4n) is 1.88. The first kappa shape index (κ1) is 22.4. The highest BCUT2D eigenvalue weighted by Gasteiger charge is 2.11. The quantitative estimate of drug-likeness (QED) is 0.561. The van der Waals surface area contributed by atoms with E-state index in [0.717, 1.165) is 25.7 Å². The number of ketones is 1. The van der Waals surface area contributed by atoms with Crippen LogP contribution in [0.5, 0.6) is 0 Å². The molecule has 0 bridgehead atoms. The number of aliphatic carboxylic acids is 1. The van der Waals surface area contributed by atoms with Gasteiger partial charge >= 0.3 is 5.97 Å². The molecule has 21 heavy (non-hydrogen) atoms. The standard InChI is InChI=1S/C11H22O.C6H13NO2/c1-3-5-7-9-11(12)10-8-6-4-2;1-4(2)3-5(7)6(8)9/h3-10H2,1-2H3;4-5H,3,7H2,1-2H3,(H,8,9). The minimum absolute atomic E-state index is 0.357. The molecule has 1 atom stereocenters. The van der Waals surface area contributed by atoms with Crippen molar-refractivity contribution in [3.05, 3.63) is 0 Å². The molecule has 0 aliphatic heterocycles. The fourth-order valence-corrected chi connectivity index (χ4v) is 1.88. The number of carbonyl (C=O) groups excluding carboxylic acids is 1. The second-order valence-electron chi connectivity index (χ2n) is 6.03.